The normalized spacial score (nSPS) is 39.0. The van der Waals surface area contributed by atoms with E-state index in [9.17, 15) is 5.11 Å². The minimum atomic E-state index is 0.321. The molecular formula is C19H25NO. The first-order valence-electron chi connectivity index (χ1n) is 8.45. The molecule has 0 aliphatic heterocycles. The van der Waals surface area contributed by atoms with Gasteiger partial charge in [-0.25, -0.2) is 0 Å². The van der Waals surface area contributed by atoms with E-state index in [4.69, 9.17) is 4.99 Å². The van der Waals surface area contributed by atoms with Crippen molar-refractivity contribution in [1.29, 1.82) is 0 Å². The maximum Gasteiger partial charge on any atom is 0.115 e. The third-order valence-corrected chi connectivity index (χ3v) is 6.31. The molecule has 1 N–H and O–H groups in total. The molecule has 0 unspecified atom stereocenters. The monoisotopic (exact) mass is 283 g/mol. The average Bonchev–Trinajstić information content (AvgIpc) is 2.45. The van der Waals surface area contributed by atoms with E-state index < -0.39 is 0 Å². The largest absolute Gasteiger partial charge is 0.508 e. The van der Waals surface area contributed by atoms with Crippen LogP contribution < -0.4 is 0 Å². The molecule has 4 saturated carbocycles. The highest BCUT2D eigenvalue weighted by Crippen LogP contribution is 2.61. The number of phenolic OH excluding ortho intramolecular Hbond substituents is 1. The average molecular weight is 283 g/mol. The molecule has 0 aromatic heterocycles. The summed E-state index contributed by atoms with van der Waals surface area (Å²) in [6.45, 7) is 2.32. The summed E-state index contributed by atoms with van der Waals surface area (Å²) in [4.78, 5) is 4.91. The zero-order valence-electron chi connectivity index (χ0n) is 12.8. The van der Waals surface area contributed by atoms with Gasteiger partial charge in [0.2, 0.25) is 0 Å². The lowest BCUT2D eigenvalue weighted by molar-refractivity contribution is -0.0632. The zero-order valence-corrected chi connectivity index (χ0v) is 12.8. The van der Waals surface area contributed by atoms with E-state index in [1.54, 1.807) is 12.1 Å². The predicted molar refractivity (Wildman–Crippen MR) is 85.8 cm³/mol. The molecule has 0 saturated heterocycles. The zero-order chi connectivity index (χ0) is 14.4. The van der Waals surface area contributed by atoms with Gasteiger partial charge in [0.05, 0.1) is 6.04 Å². The van der Waals surface area contributed by atoms with Crippen LogP contribution >= 0.6 is 0 Å². The number of nitrogens with zero attached hydrogens (tertiary/aromatic N) is 1. The number of hydrogen-bond acceptors (Lipinski definition) is 2. The summed E-state index contributed by atoms with van der Waals surface area (Å²) in [7, 11) is 0. The number of rotatable bonds is 3. The Morgan fingerprint density at radius 2 is 1.57 bits per heavy atom. The molecule has 112 valence electrons. The SMILES string of the molecule is C[C@@H](N=Cc1ccc(O)cc1)C12CC3CC(CC(C3)C1)C2. The predicted octanol–water partition coefficient (Wildman–Crippen LogP) is 4.42. The topological polar surface area (TPSA) is 32.6 Å². The van der Waals surface area contributed by atoms with E-state index >= 15 is 0 Å². The van der Waals surface area contributed by atoms with Crippen molar-refractivity contribution in [2.75, 3.05) is 0 Å². The standard InChI is InChI=1S/C19H25NO/c1-13(20-12-14-2-4-18(21)5-3-14)19-9-15-6-16(10-19)8-17(7-15)11-19/h2-5,12-13,15-17,21H,6-11H2,1H3/t13-,15?,16?,17?,19?/m1/s1. The van der Waals surface area contributed by atoms with Crippen LogP contribution in [0.4, 0.5) is 0 Å². The Morgan fingerprint density at radius 1 is 1.05 bits per heavy atom. The lowest BCUT2D eigenvalue weighted by atomic mass is 9.48. The van der Waals surface area contributed by atoms with Crippen molar-refractivity contribution in [3.63, 3.8) is 0 Å². The van der Waals surface area contributed by atoms with E-state index in [0.717, 1.165) is 23.3 Å². The summed E-state index contributed by atoms with van der Waals surface area (Å²) < 4.78 is 0. The molecule has 5 rings (SSSR count). The van der Waals surface area contributed by atoms with E-state index in [1.165, 1.54) is 38.5 Å². The second-order valence-electron chi connectivity index (χ2n) is 7.83. The van der Waals surface area contributed by atoms with Gasteiger partial charge >= 0.3 is 0 Å². The molecular weight excluding hydrogens is 258 g/mol. The maximum absolute atomic E-state index is 9.34. The smallest absolute Gasteiger partial charge is 0.115 e. The molecule has 1 atom stereocenters. The molecule has 21 heavy (non-hydrogen) atoms. The highest BCUT2D eigenvalue weighted by molar-refractivity contribution is 5.79. The summed E-state index contributed by atoms with van der Waals surface area (Å²) in [5.74, 6) is 3.29. The second-order valence-corrected chi connectivity index (χ2v) is 7.83. The molecule has 2 heteroatoms. The van der Waals surface area contributed by atoms with Gasteiger partial charge in [-0.05, 0) is 98.4 Å². The van der Waals surface area contributed by atoms with Crippen molar-refractivity contribution >= 4 is 6.21 Å². The highest BCUT2D eigenvalue weighted by atomic mass is 16.3. The Morgan fingerprint density at radius 3 is 2.10 bits per heavy atom. The summed E-state index contributed by atoms with van der Waals surface area (Å²) in [5, 5.41) is 9.34. The molecule has 4 aliphatic rings. The molecule has 1 aromatic rings. The van der Waals surface area contributed by atoms with Crippen LogP contribution in [0.2, 0.25) is 0 Å². The lowest BCUT2D eigenvalue weighted by Gasteiger charge is -2.58. The Hall–Kier alpha value is -1.31. The first-order chi connectivity index (χ1) is 10.1. The van der Waals surface area contributed by atoms with Crippen molar-refractivity contribution < 1.29 is 5.11 Å². The van der Waals surface area contributed by atoms with Gasteiger partial charge in [0.25, 0.3) is 0 Å². The number of aliphatic imine (C=N–C) groups is 1. The van der Waals surface area contributed by atoms with E-state index in [1.807, 2.05) is 18.3 Å². The summed E-state index contributed by atoms with van der Waals surface area (Å²) in [6.07, 6.45) is 10.7. The van der Waals surface area contributed by atoms with Crippen LogP contribution in [-0.2, 0) is 0 Å². The Balaban J connectivity index is 1.52. The van der Waals surface area contributed by atoms with E-state index in [2.05, 4.69) is 6.92 Å². The number of aromatic hydroxyl groups is 1. The maximum atomic E-state index is 9.34. The van der Waals surface area contributed by atoms with Crippen LogP contribution in [0.25, 0.3) is 0 Å². The lowest BCUT2D eigenvalue weighted by Crippen LogP contribution is -2.50. The summed E-state index contributed by atoms with van der Waals surface area (Å²) in [5.41, 5.74) is 1.58. The fourth-order valence-electron chi connectivity index (χ4n) is 5.61. The van der Waals surface area contributed by atoms with Gasteiger partial charge in [-0.2, -0.15) is 0 Å². The van der Waals surface area contributed by atoms with Gasteiger partial charge in [-0.15, -0.1) is 0 Å². The molecule has 4 fully saturated rings. The molecule has 0 radical (unpaired) electrons. The first-order valence-corrected chi connectivity index (χ1v) is 8.45. The van der Waals surface area contributed by atoms with Crippen molar-refractivity contribution in [3.8, 4) is 5.75 Å². The minimum Gasteiger partial charge on any atom is -0.508 e. The summed E-state index contributed by atoms with van der Waals surface area (Å²) >= 11 is 0. The minimum absolute atomic E-state index is 0.321. The van der Waals surface area contributed by atoms with Gasteiger partial charge in [0.15, 0.2) is 0 Å². The van der Waals surface area contributed by atoms with Crippen LogP contribution in [0.1, 0.15) is 51.0 Å². The van der Waals surface area contributed by atoms with Crippen LogP contribution in [0, 0.1) is 23.2 Å². The van der Waals surface area contributed by atoms with Gasteiger partial charge in [0.1, 0.15) is 5.75 Å². The third-order valence-electron chi connectivity index (χ3n) is 6.31. The molecule has 4 bridgehead atoms. The van der Waals surface area contributed by atoms with Crippen molar-refractivity contribution in [3.05, 3.63) is 29.8 Å². The molecule has 0 spiro atoms. The Labute approximate surface area is 127 Å². The van der Waals surface area contributed by atoms with Crippen LogP contribution in [0.15, 0.2) is 29.3 Å². The molecule has 1 aromatic carbocycles. The van der Waals surface area contributed by atoms with Gasteiger partial charge in [-0.1, -0.05) is 0 Å². The van der Waals surface area contributed by atoms with E-state index in [-0.39, 0.29) is 0 Å². The summed E-state index contributed by atoms with van der Waals surface area (Å²) in [6, 6.07) is 7.77. The number of phenols is 1. The fraction of sp³-hybridized carbons (Fsp3) is 0.632. The quantitative estimate of drug-likeness (QED) is 0.818. The van der Waals surface area contributed by atoms with Crippen LogP contribution in [0.5, 0.6) is 5.75 Å². The molecule has 2 nitrogen and oxygen atoms in total. The Bertz CT molecular complexity index is 510. The molecule has 0 amide bonds. The molecule has 0 heterocycles. The van der Waals surface area contributed by atoms with Gasteiger partial charge in [0, 0.05) is 6.21 Å². The third kappa shape index (κ3) is 2.39. The van der Waals surface area contributed by atoms with Crippen LogP contribution in [-0.4, -0.2) is 17.4 Å². The van der Waals surface area contributed by atoms with Crippen LogP contribution in [0.3, 0.4) is 0 Å². The van der Waals surface area contributed by atoms with Gasteiger partial charge in [-0.3, -0.25) is 4.99 Å². The highest BCUT2D eigenvalue weighted by Gasteiger charge is 2.53. The van der Waals surface area contributed by atoms with Crippen molar-refractivity contribution in [2.45, 2.75) is 51.5 Å². The fourth-order valence-corrected chi connectivity index (χ4v) is 5.61. The second kappa shape index (κ2) is 4.86. The first kappa shape index (κ1) is 13.4. The Kier molecular flexibility index (Phi) is 3.09. The number of hydrogen-bond donors (Lipinski definition) is 1. The van der Waals surface area contributed by atoms with E-state index in [0.29, 0.717) is 17.2 Å². The van der Waals surface area contributed by atoms with Crippen molar-refractivity contribution in [1.82, 2.24) is 0 Å². The van der Waals surface area contributed by atoms with Gasteiger partial charge < -0.3 is 5.11 Å². The number of benzene rings is 1. The van der Waals surface area contributed by atoms with Crippen molar-refractivity contribution in [2.24, 2.45) is 28.2 Å². The molecule has 4 aliphatic carbocycles.